The van der Waals surface area contributed by atoms with Crippen LogP contribution >= 0.6 is 0 Å². The second-order valence-corrected chi connectivity index (χ2v) is 3.43. The normalized spacial score (nSPS) is 9.61. The van der Waals surface area contributed by atoms with Gasteiger partial charge in [-0.1, -0.05) is 5.92 Å². The Hall–Kier alpha value is -2.06. The van der Waals surface area contributed by atoms with Crippen LogP contribution in [0.1, 0.15) is 6.92 Å². The van der Waals surface area contributed by atoms with Gasteiger partial charge >= 0.3 is 0 Å². The van der Waals surface area contributed by atoms with E-state index < -0.39 is 5.82 Å². The zero-order valence-corrected chi connectivity index (χ0v) is 10.1. The Labute approximate surface area is 106 Å². The first-order valence-electron chi connectivity index (χ1n) is 5.53. The Kier molecular flexibility index (Phi) is 5.68. The fraction of sp³-hybridized carbons (Fsp3) is 0.308. The van der Waals surface area contributed by atoms with Gasteiger partial charge in [0.05, 0.1) is 25.4 Å². The molecule has 5 heteroatoms. The van der Waals surface area contributed by atoms with E-state index in [2.05, 4.69) is 16.6 Å². The van der Waals surface area contributed by atoms with Gasteiger partial charge in [0.15, 0.2) is 0 Å². The number of ether oxygens (including phenoxy) is 1. The van der Waals surface area contributed by atoms with Gasteiger partial charge in [-0.05, 0) is 19.1 Å². The third-order valence-corrected chi connectivity index (χ3v) is 2.03. The van der Waals surface area contributed by atoms with Crippen molar-refractivity contribution in [3.63, 3.8) is 0 Å². The number of anilines is 1. The summed E-state index contributed by atoms with van der Waals surface area (Å²) in [5.41, 5.74) is 0.436. The number of hydrogen-bond acceptors (Lipinski definition) is 3. The highest BCUT2D eigenvalue weighted by Crippen LogP contribution is 2.25. The minimum Gasteiger partial charge on any atom is -0.492 e. The zero-order valence-electron chi connectivity index (χ0n) is 10.1. The van der Waals surface area contributed by atoms with Crippen molar-refractivity contribution in [2.75, 3.05) is 25.0 Å². The topological polar surface area (TPSA) is 50.4 Å². The quantitative estimate of drug-likeness (QED) is 0.592. The molecule has 1 amide bonds. The molecule has 0 unspecified atom stereocenters. The van der Waals surface area contributed by atoms with E-state index >= 15 is 0 Å². The van der Waals surface area contributed by atoms with Crippen LogP contribution in [0.4, 0.5) is 10.1 Å². The van der Waals surface area contributed by atoms with Crippen LogP contribution in [0.3, 0.4) is 0 Å². The number of rotatable bonds is 6. The van der Waals surface area contributed by atoms with Crippen molar-refractivity contribution in [1.82, 2.24) is 5.32 Å². The van der Waals surface area contributed by atoms with Crippen LogP contribution in [-0.2, 0) is 4.79 Å². The van der Waals surface area contributed by atoms with Gasteiger partial charge < -0.3 is 10.1 Å². The van der Waals surface area contributed by atoms with E-state index in [0.717, 1.165) is 0 Å². The molecule has 0 bridgehead atoms. The third kappa shape index (κ3) is 4.44. The molecule has 0 heterocycles. The Bertz CT molecular complexity index is 455. The number of terminal acetylenes is 1. The standard InChI is InChI=1S/C13H15FN2O2/c1-3-7-15-9-13(17)16-11-6-5-10(14)8-12(11)18-4-2/h1,5-6,8,15H,4,7,9H2,2H3,(H,16,17). The van der Waals surface area contributed by atoms with Crippen molar-refractivity contribution in [2.45, 2.75) is 6.92 Å². The highest BCUT2D eigenvalue weighted by atomic mass is 19.1. The second kappa shape index (κ2) is 7.30. The summed E-state index contributed by atoms with van der Waals surface area (Å²) >= 11 is 0. The molecule has 0 fully saturated rings. The number of benzene rings is 1. The summed E-state index contributed by atoms with van der Waals surface area (Å²) < 4.78 is 18.3. The van der Waals surface area contributed by atoms with E-state index in [-0.39, 0.29) is 12.5 Å². The van der Waals surface area contributed by atoms with Crippen LogP contribution in [0.15, 0.2) is 18.2 Å². The van der Waals surface area contributed by atoms with Gasteiger partial charge in [0.1, 0.15) is 11.6 Å². The highest BCUT2D eigenvalue weighted by Gasteiger charge is 2.08. The second-order valence-electron chi connectivity index (χ2n) is 3.43. The average molecular weight is 250 g/mol. The lowest BCUT2D eigenvalue weighted by atomic mass is 10.2. The lowest BCUT2D eigenvalue weighted by Gasteiger charge is -2.11. The summed E-state index contributed by atoms with van der Waals surface area (Å²) in [4.78, 5) is 11.5. The maximum atomic E-state index is 13.0. The van der Waals surface area contributed by atoms with Crippen molar-refractivity contribution in [2.24, 2.45) is 0 Å². The van der Waals surface area contributed by atoms with Crippen LogP contribution in [0, 0.1) is 18.2 Å². The first kappa shape index (κ1) is 14.0. The van der Waals surface area contributed by atoms with Crippen molar-refractivity contribution in [3.8, 4) is 18.1 Å². The molecule has 96 valence electrons. The van der Waals surface area contributed by atoms with Crippen LogP contribution in [0.2, 0.25) is 0 Å². The smallest absolute Gasteiger partial charge is 0.238 e. The largest absolute Gasteiger partial charge is 0.492 e. The summed E-state index contributed by atoms with van der Waals surface area (Å²) in [7, 11) is 0. The fourth-order valence-corrected chi connectivity index (χ4v) is 1.32. The molecule has 0 aliphatic rings. The number of amides is 1. The van der Waals surface area contributed by atoms with Gasteiger partial charge in [-0.15, -0.1) is 6.42 Å². The van der Waals surface area contributed by atoms with Crippen LogP contribution in [-0.4, -0.2) is 25.6 Å². The number of carbonyl (C=O) groups excluding carboxylic acids is 1. The summed E-state index contributed by atoms with van der Waals surface area (Å²) in [6.45, 7) is 2.58. The predicted molar refractivity (Wildman–Crippen MR) is 67.9 cm³/mol. The van der Waals surface area contributed by atoms with E-state index in [1.807, 2.05) is 0 Å². The molecule has 0 aromatic heterocycles. The van der Waals surface area contributed by atoms with Crippen LogP contribution in [0.25, 0.3) is 0 Å². The van der Waals surface area contributed by atoms with E-state index in [1.165, 1.54) is 18.2 Å². The van der Waals surface area contributed by atoms with Crippen molar-refractivity contribution in [3.05, 3.63) is 24.0 Å². The Morgan fingerprint density at radius 1 is 1.56 bits per heavy atom. The molecular weight excluding hydrogens is 235 g/mol. The average Bonchev–Trinajstić information content (AvgIpc) is 2.33. The van der Waals surface area contributed by atoms with Crippen LogP contribution in [0.5, 0.6) is 5.75 Å². The molecule has 0 saturated heterocycles. The highest BCUT2D eigenvalue weighted by molar-refractivity contribution is 5.93. The molecule has 1 aromatic carbocycles. The van der Waals surface area contributed by atoms with Gasteiger partial charge in [-0.25, -0.2) is 4.39 Å². The minimum absolute atomic E-state index is 0.0904. The van der Waals surface area contributed by atoms with E-state index in [4.69, 9.17) is 11.2 Å². The summed E-state index contributed by atoms with van der Waals surface area (Å²) in [6, 6.07) is 3.94. The Morgan fingerprint density at radius 3 is 3.00 bits per heavy atom. The number of halogens is 1. The van der Waals surface area contributed by atoms with Crippen molar-refractivity contribution >= 4 is 11.6 Å². The van der Waals surface area contributed by atoms with Gasteiger partial charge in [0.2, 0.25) is 5.91 Å². The Balaban J connectivity index is 2.65. The van der Waals surface area contributed by atoms with E-state index in [1.54, 1.807) is 6.92 Å². The van der Waals surface area contributed by atoms with Crippen molar-refractivity contribution in [1.29, 1.82) is 0 Å². The molecule has 0 saturated carbocycles. The van der Waals surface area contributed by atoms with Gasteiger partial charge in [0.25, 0.3) is 0 Å². The SMILES string of the molecule is C#CCNCC(=O)Nc1ccc(F)cc1OCC. The molecule has 4 nitrogen and oxygen atoms in total. The van der Waals surface area contributed by atoms with Gasteiger partial charge in [0, 0.05) is 6.07 Å². The third-order valence-electron chi connectivity index (χ3n) is 2.03. The fourth-order valence-electron chi connectivity index (χ4n) is 1.32. The monoisotopic (exact) mass is 250 g/mol. The summed E-state index contributed by atoms with van der Waals surface area (Å²) in [5, 5.41) is 5.37. The number of nitrogens with one attached hydrogen (secondary N) is 2. The first-order chi connectivity index (χ1) is 8.67. The maximum Gasteiger partial charge on any atom is 0.238 e. The molecule has 0 aliphatic heterocycles. The molecule has 0 atom stereocenters. The lowest BCUT2D eigenvalue weighted by molar-refractivity contribution is -0.115. The molecule has 0 radical (unpaired) electrons. The minimum atomic E-state index is -0.415. The molecule has 0 spiro atoms. The molecule has 18 heavy (non-hydrogen) atoms. The molecule has 1 rings (SSSR count). The molecule has 1 aromatic rings. The lowest BCUT2D eigenvalue weighted by Crippen LogP contribution is -2.28. The van der Waals surface area contributed by atoms with E-state index in [9.17, 15) is 9.18 Å². The predicted octanol–water partition coefficient (Wildman–Crippen LogP) is 1.39. The van der Waals surface area contributed by atoms with Gasteiger partial charge in [-0.2, -0.15) is 0 Å². The summed E-state index contributed by atoms with van der Waals surface area (Å²) in [5.74, 6) is 1.99. The van der Waals surface area contributed by atoms with Crippen LogP contribution < -0.4 is 15.4 Å². The zero-order chi connectivity index (χ0) is 13.4. The number of carbonyl (C=O) groups is 1. The van der Waals surface area contributed by atoms with Crippen molar-refractivity contribution < 1.29 is 13.9 Å². The molecule has 0 aliphatic carbocycles. The molecular formula is C13H15FN2O2. The maximum absolute atomic E-state index is 13.0. The van der Waals surface area contributed by atoms with Gasteiger partial charge in [-0.3, -0.25) is 10.1 Å². The number of hydrogen-bond donors (Lipinski definition) is 2. The first-order valence-corrected chi connectivity index (χ1v) is 5.53. The summed E-state index contributed by atoms with van der Waals surface area (Å²) in [6.07, 6.45) is 5.04. The van der Waals surface area contributed by atoms with E-state index in [0.29, 0.717) is 24.6 Å². The molecule has 2 N–H and O–H groups in total. The Morgan fingerprint density at radius 2 is 2.33 bits per heavy atom.